The lowest BCUT2D eigenvalue weighted by molar-refractivity contribution is 0.242. The van der Waals surface area contributed by atoms with Crippen LogP contribution in [0.5, 0.6) is 0 Å². The second-order valence-electron chi connectivity index (χ2n) is 5.46. The molecule has 0 radical (unpaired) electrons. The van der Waals surface area contributed by atoms with Crippen LogP contribution in [0.4, 0.5) is 5.69 Å². The molecule has 0 N–H and O–H groups in total. The van der Waals surface area contributed by atoms with Gasteiger partial charge in [0.05, 0.1) is 16.8 Å². The fourth-order valence-corrected chi connectivity index (χ4v) is 3.16. The lowest BCUT2D eigenvalue weighted by Crippen LogP contribution is -2.53. The van der Waals surface area contributed by atoms with Crippen molar-refractivity contribution < 1.29 is 0 Å². The topological polar surface area (TPSA) is 27.0 Å². The lowest BCUT2D eigenvalue weighted by Gasteiger charge is -2.49. The van der Waals surface area contributed by atoms with Crippen molar-refractivity contribution in [3.8, 4) is 6.07 Å². The van der Waals surface area contributed by atoms with Gasteiger partial charge < -0.3 is 4.90 Å². The third kappa shape index (κ3) is 2.33. The molecule has 0 aliphatic carbocycles. The molecule has 3 heteroatoms. The first-order valence-corrected chi connectivity index (χ1v) is 6.84. The third-order valence-corrected chi connectivity index (χ3v) is 4.43. The second-order valence-corrected chi connectivity index (χ2v) is 5.87. The summed E-state index contributed by atoms with van der Waals surface area (Å²) in [5.74, 6) is 0.410. The molecule has 1 aliphatic rings. The highest BCUT2D eigenvalue weighted by Crippen LogP contribution is 2.40. The van der Waals surface area contributed by atoms with Crippen molar-refractivity contribution in [3.63, 3.8) is 0 Å². The van der Waals surface area contributed by atoms with Crippen molar-refractivity contribution in [1.29, 1.82) is 5.26 Å². The first-order chi connectivity index (χ1) is 8.57. The SMILES string of the molecule is CC1(C)C(CC#N)CCCN1c1ccccc1Cl. The normalized spacial score (nSPS) is 22.6. The molecule has 1 unspecified atom stereocenters. The van der Waals surface area contributed by atoms with Crippen LogP contribution < -0.4 is 4.90 Å². The van der Waals surface area contributed by atoms with Crippen LogP contribution in [0.25, 0.3) is 0 Å². The fourth-order valence-electron chi connectivity index (χ4n) is 2.92. The molecular formula is C15H19ClN2. The molecule has 1 aromatic rings. The summed E-state index contributed by atoms with van der Waals surface area (Å²) >= 11 is 6.30. The van der Waals surface area contributed by atoms with Crippen molar-refractivity contribution in [2.24, 2.45) is 5.92 Å². The van der Waals surface area contributed by atoms with Crippen LogP contribution >= 0.6 is 11.6 Å². The smallest absolute Gasteiger partial charge is 0.0639 e. The Hall–Kier alpha value is -1.20. The number of nitrogens with zero attached hydrogens (tertiary/aromatic N) is 2. The Bertz CT molecular complexity index is 462. The van der Waals surface area contributed by atoms with Gasteiger partial charge in [-0.1, -0.05) is 23.7 Å². The number of piperidine rings is 1. The van der Waals surface area contributed by atoms with E-state index in [1.165, 1.54) is 0 Å². The molecule has 1 heterocycles. The maximum atomic E-state index is 8.97. The zero-order chi connectivity index (χ0) is 13.2. The molecule has 0 aromatic heterocycles. The molecule has 0 spiro atoms. The Kier molecular flexibility index (Phi) is 3.82. The van der Waals surface area contributed by atoms with Gasteiger partial charge in [0.25, 0.3) is 0 Å². The van der Waals surface area contributed by atoms with Gasteiger partial charge in [-0.15, -0.1) is 0 Å². The molecule has 18 heavy (non-hydrogen) atoms. The standard InChI is InChI=1S/C15H19ClN2/c1-15(2)12(9-10-17)6-5-11-18(15)14-8-4-3-7-13(14)16/h3-4,7-8,12H,5-6,9,11H2,1-2H3. The number of nitriles is 1. The van der Waals surface area contributed by atoms with Crippen LogP contribution in [-0.2, 0) is 0 Å². The minimum Gasteiger partial charge on any atom is -0.365 e. The summed E-state index contributed by atoms with van der Waals surface area (Å²) in [5.41, 5.74) is 1.07. The van der Waals surface area contributed by atoms with Crippen molar-refractivity contribution in [2.45, 2.75) is 38.6 Å². The largest absolute Gasteiger partial charge is 0.365 e. The molecule has 0 amide bonds. The van der Waals surface area contributed by atoms with Crippen LogP contribution in [0.15, 0.2) is 24.3 Å². The molecule has 1 saturated heterocycles. The van der Waals surface area contributed by atoms with Gasteiger partial charge in [-0.3, -0.25) is 0 Å². The third-order valence-electron chi connectivity index (χ3n) is 4.11. The minimum atomic E-state index is -0.0149. The summed E-state index contributed by atoms with van der Waals surface area (Å²) in [5, 5.41) is 9.76. The first-order valence-electron chi connectivity index (χ1n) is 6.46. The van der Waals surface area contributed by atoms with Crippen molar-refractivity contribution in [1.82, 2.24) is 0 Å². The van der Waals surface area contributed by atoms with Gasteiger partial charge in [0, 0.05) is 18.5 Å². The second kappa shape index (κ2) is 5.20. The fraction of sp³-hybridized carbons (Fsp3) is 0.533. The quantitative estimate of drug-likeness (QED) is 0.797. The first kappa shape index (κ1) is 13.2. The van der Waals surface area contributed by atoms with Gasteiger partial charge in [0.1, 0.15) is 0 Å². The molecule has 1 aliphatic heterocycles. The van der Waals surface area contributed by atoms with E-state index in [9.17, 15) is 0 Å². The van der Waals surface area contributed by atoms with E-state index in [1.807, 2.05) is 18.2 Å². The Balaban J connectivity index is 2.33. The van der Waals surface area contributed by atoms with E-state index in [1.54, 1.807) is 0 Å². The molecule has 1 atom stereocenters. The van der Waals surface area contributed by atoms with Crippen LogP contribution in [0.2, 0.25) is 5.02 Å². The molecule has 1 aromatic carbocycles. The Labute approximate surface area is 114 Å². The number of anilines is 1. The summed E-state index contributed by atoms with van der Waals surface area (Å²) in [6.45, 7) is 5.45. The van der Waals surface area contributed by atoms with E-state index in [2.05, 4.69) is 30.9 Å². The van der Waals surface area contributed by atoms with E-state index in [0.717, 1.165) is 30.1 Å². The number of hydrogen-bond acceptors (Lipinski definition) is 2. The predicted molar refractivity (Wildman–Crippen MR) is 75.8 cm³/mol. The van der Waals surface area contributed by atoms with E-state index < -0.39 is 0 Å². The Morgan fingerprint density at radius 3 is 2.83 bits per heavy atom. The average Bonchev–Trinajstić information content (AvgIpc) is 2.33. The van der Waals surface area contributed by atoms with Gasteiger partial charge in [0.15, 0.2) is 0 Å². The van der Waals surface area contributed by atoms with E-state index in [-0.39, 0.29) is 5.54 Å². The molecule has 2 rings (SSSR count). The van der Waals surface area contributed by atoms with Crippen LogP contribution in [0, 0.1) is 17.2 Å². The zero-order valence-electron chi connectivity index (χ0n) is 11.0. The summed E-state index contributed by atoms with van der Waals surface area (Å²) < 4.78 is 0. The lowest BCUT2D eigenvalue weighted by atomic mass is 9.77. The van der Waals surface area contributed by atoms with E-state index in [4.69, 9.17) is 16.9 Å². The molecular weight excluding hydrogens is 244 g/mol. The maximum absolute atomic E-state index is 8.97. The molecule has 0 saturated carbocycles. The minimum absolute atomic E-state index is 0.0149. The van der Waals surface area contributed by atoms with E-state index in [0.29, 0.717) is 12.3 Å². The summed E-state index contributed by atoms with van der Waals surface area (Å²) in [6, 6.07) is 10.3. The monoisotopic (exact) mass is 262 g/mol. The highest BCUT2D eigenvalue weighted by molar-refractivity contribution is 6.33. The van der Waals surface area contributed by atoms with Crippen LogP contribution in [-0.4, -0.2) is 12.1 Å². The van der Waals surface area contributed by atoms with Crippen molar-refractivity contribution >= 4 is 17.3 Å². The predicted octanol–water partition coefficient (Wildman–Crippen LogP) is 4.25. The van der Waals surface area contributed by atoms with Gasteiger partial charge in [0.2, 0.25) is 0 Å². The molecule has 1 fully saturated rings. The average molecular weight is 263 g/mol. The Morgan fingerprint density at radius 2 is 2.17 bits per heavy atom. The van der Waals surface area contributed by atoms with Gasteiger partial charge >= 0.3 is 0 Å². The van der Waals surface area contributed by atoms with Gasteiger partial charge in [-0.05, 0) is 44.7 Å². The van der Waals surface area contributed by atoms with Crippen LogP contribution in [0.1, 0.15) is 33.1 Å². The number of benzene rings is 1. The summed E-state index contributed by atoms with van der Waals surface area (Å²) in [4.78, 5) is 2.36. The number of para-hydroxylation sites is 1. The van der Waals surface area contributed by atoms with E-state index >= 15 is 0 Å². The van der Waals surface area contributed by atoms with Gasteiger partial charge in [-0.25, -0.2) is 0 Å². The number of hydrogen-bond donors (Lipinski definition) is 0. The maximum Gasteiger partial charge on any atom is 0.0639 e. The Morgan fingerprint density at radius 1 is 1.44 bits per heavy atom. The zero-order valence-corrected chi connectivity index (χ0v) is 11.7. The molecule has 96 valence electrons. The highest BCUT2D eigenvalue weighted by atomic mass is 35.5. The molecule has 2 nitrogen and oxygen atoms in total. The number of rotatable bonds is 2. The summed E-state index contributed by atoms with van der Waals surface area (Å²) in [7, 11) is 0. The van der Waals surface area contributed by atoms with Crippen molar-refractivity contribution in [3.05, 3.63) is 29.3 Å². The summed E-state index contributed by atoms with van der Waals surface area (Å²) in [6.07, 6.45) is 2.87. The molecule has 0 bridgehead atoms. The van der Waals surface area contributed by atoms with Gasteiger partial charge in [-0.2, -0.15) is 5.26 Å². The number of halogens is 1. The van der Waals surface area contributed by atoms with Crippen molar-refractivity contribution in [2.75, 3.05) is 11.4 Å². The highest BCUT2D eigenvalue weighted by Gasteiger charge is 2.38. The van der Waals surface area contributed by atoms with Crippen LogP contribution in [0.3, 0.4) is 0 Å².